The van der Waals surface area contributed by atoms with Crippen LogP contribution in [0.4, 0.5) is 13.2 Å². The molecule has 92 valence electrons. The Morgan fingerprint density at radius 2 is 2.06 bits per heavy atom. The van der Waals surface area contributed by atoms with E-state index in [-0.39, 0.29) is 0 Å². The summed E-state index contributed by atoms with van der Waals surface area (Å²) in [5.41, 5.74) is 1.97. The number of hydrogen-bond acceptors (Lipinski definition) is 2. The average Bonchev–Trinajstić information content (AvgIpc) is 2.42. The summed E-state index contributed by atoms with van der Waals surface area (Å²) >= 11 is 0. The van der Waals surface area contributed by atoms with Crippen LogP contribution >= 0.6 is 0 Å². The molecule has 0 spiro atoms. The zero-order valence-corrected chi connectivity index (χ0v) is 9.43. The van der Waals surface area contributed by atoms with Gasteiger partial charge in [0.15, 0.2) is 0 Å². The van der Waals surface area contributed by atoms with Crippen molar-refractivity contribution in [2.45, 2.75) is 33.0 Å². The molecule has 1 aromatic rings. The number of nitrogens with one attached hydrogen (secondary N) is 1. The maximum Gasteiger partial charge on any atom is 0.401 e. The summed E-state index contributed by atoms with van der Waals surface area (Å²) in [6.07, 6.45) is -3.49. The van der Waals surface area contributed by atoms with Gasteiger partial charge in [-0.25, -0.2) is 0 Å². The Balaban J connectivity index is 2.19. The molecule has 0 aromatic carbocycles. The second-order valence-corrected chi connectivity index (χ2v) is 3.80. The Bertz CT molecular complexity index is 331. The van der Waals surface area contributed by atoms with Crippen molar-refractivity contribution in [3.8, 4) is 0 Å². The van der Waals surface area contributed by atoms with E-state index in [1.807, 2.05) is 24.6 Å². The highest BCUT2D eigenvalue weighted by atomic mass is 19.4. The van der Waals surface area contributed by atoms with Gasteiger partial charge in [-0.05, 0) is 32.9 Å². The van der Waals surface area contributed by atoms with E-state index < -0.39 is 12.7 Å². The summed E-state index contributed by atoms with van der Waals surface area (Å²) in [6, 6.07) is 1.95. The molecule has 16 heavy (non-hydrogen) atoms. The Labute approximate surface area is 92.6 Å². The Morgan fingerprint density at radius 1 is 1.38 bits per heavy atom. The number of hydrogen-bond donors (Lipinski definition) is 1. The lowest BCUT2D eigenvalue weighted by atomic mass is 10.4. The molecule has 0 amide bonds. The number of halogens is 3. The van der Waals surface area contributed by atoms with Crippen LogP contribution in [0.15, 0.2) is 6.07 Å². The van der Waals surface area contributed by atoms with Crippen LogP contribution in [0.5, 0.6) is 0 Å². The summed E-state index contributed by atoms with van der Waals surface area (Å²) in [5.74, 6) is 0. The Morgan fingerprint density at radius 3 is 2.56 bits per heavy atom. The van der Waals surface area contributed by atoms with Gasteiger partial charge >= 0.3 is 6.18 Å². The lowest BCUT2D eigenvalue weighted by Gasteiger charge is -2.08. The van der Waals surface area contributed by atoms with Gasteiger partial charge in [0.25, 0.3) is 0 Å². The average molecular weight is 235 g/mol. The predicted molar refractivity (Wildman–Crippen MR) is 55.2 cm³/mol. The summed E-state index contributed by atoms with van der Waals surface area (Å²) in [4.78, 5) is 0. The van der Waals surface area contributed by atoms with Crippen molar-refractivity contribution in [3.05, 3.63) is 17.5 Å². The van der Waals surface area contributed by atoms with E-state index >= 15 is 0 Å². The zero-order valence-electron chi connectivity index (χ0n) is 9.43. The normalized spacial score (nSPS) is 12.1. The number of alkyl halides is 3. The summed E-state index contributed by atoms with van der Waals surface area (Å²) in [5, 5.41) is 6.58. The van der Waals surface area contributed by atoms with Gasteiger partial charge < -0.3 is 5.32 Å². The molecule has 0 saturated heterocycles. The van der Waals surface area contributed by atoms with Gasteiger partial charge in [-0.1, -0.05) is 0 Å². The highest BCUT2D eigenvalue weighted by Crippen LogP contribution is 2.12. The quantitative estimate of drug-likeness (QED) is 0.791. The first kappa shape index (κ1) is 13.0. The molecule has 0 bridgehead atoms. The highest BCUT2D eigenvalue weighted by Gasteiger charge is 2.25. The van der Waals surface area contributed by atoms with Gasteiger partial charge in [-0.15, -0.1) is 0 Å². The van der Waals surface area contributed by atoms with Crippen LogP contribution in [0.1, 0.15) is 17.8 Å². The molecule has 1 rings (SSSR count). The maximum absolute atomic E-state index is 11.8. The number of aryl methyl sites for hydroxylation is 3. The molecule has 1 N–H and O–H groups in total. The predicted octanol–water partition coefficient (Wildman–Crippen LogP) is 2.04. The molecular formula is C10H16F3N3. The molecule has 0 aliphatic heterocycles. The van der Waals surface area contributed by atoms with Crippen molar-refractivity contribution < 1.29 is 13.2 Å². The van der Waals surface area contributed by atoms with Crippen LogP contribution in [0.2, 0.25) is 0 Å². The number of aromatic nitrogens is 2. The van der Waals surface area contributed by atoms with E-state index in [1.54, 1.807) is 0 Å². The summed E-state index contributed by atoms with van der Waals surface area (Å²) in [7, 11) is 0. The third-order valence-electron chi connectivity index (χ3n) is 2.15. The van der Waals surface area contributed by atoms with Gasteiger partial charge in [0, 0.05) is 12.2 Å². The maximum atomic E-state index is 11.8. The fraction of sp³-hybridized carbons (Fsp3) is 0.700. The molecule has 0 aliphatic rings. The van der Waals surface area contributed by atoms with Crippen LogP contribution in [-0.2, 0) is 6.54 Å². The van der Waals surface area contributed by atoms with E-state index in [0.29, 0.717) is 19.5 Å². The first-order valence-corrected chi connectivity index (χ1v) is 5.17. The van der Waals surface area contributed by atoms with Crippen LogP contribution in [-0.4, -0.2) is 29.0 Å². The summed E-state index contributed by atoms with van der Waals surface area (Å²) in [6.45, 7) is 3.89. The minimum Gasteiger partial charge on any atom is -0.309 e. The monoisotopic (exact) mass is 235 g/mol. The fourth-order valence-corrected chi connectivity index (χ4v) is 1.49. The number of rotatable bonds is 5. The van der Waals surface area contributed by atoms with E-state index in [1.165, 1.54) is 0 Å². The van der Waals surface area contributed by atoms with E-state index in [4.69, 9.17) is 0 Å². The number of nitrogens with zero attached hydrogens (tertiary/aromatic N) is 2. The lowest BCUT2D eigenvalue weighted by molar-refractivity contribution is -0.124. The minimum absolute atomic E-state index is 0.345. The molecule has 0 aliphatic carbocycles. The topological polar surface area (TPSA) is 29.9 Å². The molecular weight excluding hydrogens is 219 g/mol. The molecule has 6 heteroatoms. The second-order valence-electron chi connectivity index (χ2n) is 3.80. The Hall–Kier alpha value is -1.04. The Kier molecular flexibility index (Phi) is 4.35. The van der Waals surface area contributed by atoms with Crippen LogP contribution in [0.25, 0.3) is 0 Å². The molecule has 0 fully saturated rings. The lowest BCUT2D eigenvalue weighted by Crippen LogP contribution is -2.29. The van der Waals surface area contributed by atoms with Crippen LogP contribution in [0, 0.1) is 13.8 Å². The van der Waals surface area contributed by atoms with Crippen molar-refractivity contribution in [2.75, 3.05) is 13.1 Å². The molecule has 0 atom stereocenters. The minimum atomic E-state index is -4.13. The first-order chi connectivity index (χ1) is 7.38. The van der Waals surface area contributed by atoms with Crippen molar-refractivity contribution in [2.24, 2.45) is 0 Å². The van der Waals surface area contributed by atoms with Gasteiger partial charge in [0.2, 0.25) is 0 Å². The largest absolute Gasteiger partial charge is 0.401 e. The van der Waals surface area contributed by atoms with E-state index in [2.05, 4.69) is 10.4 Å². The molecule has 1 aromatic heterocycles. The van der Waals surface area contributed by atoms with Crippen molar-refractivity contribution in [1.29, 1.82) is 0 Å². The summed E-state index contributed by atoms with van der Waals surface area (Å²) < 4.78 is 37.2. The SMILES string of the molecule is Cc1cc(C)n(CCCNCC(F)(F)F)n1. The van der Waals surface area contributed by atoms with Crippen LogP contribution < -0.4 is 5.32 Å². The van der Waals surface area contributed by atoms with Gasteiger partial charge in [0.1, 0.15) is 0 Å². The third-order valence-corrected chi connectivity index (χ3v) is 2.15. The van der Waals surface area contributed by atoms with E-state index in [9.17, 15) is 13.2 Å². The van der Waals surface area contributed by atoms with Crippen LogP contribution in [0.3, 0.4) is 0 Å². The standard InChI is InChI=1S/C10H16F3N3/c1-8-6-9(2)16(15-8)5-3-4-14-7-10(11,12)13/h6,14H,3-5,7H2,1-2H3. The van der Waals surface area contributed by atoms with Gasteiger partial charge in [-0.2, -0.15) is 18.3 Å². The van der Waals surface area contributed by atoms with Crippen molar-refractivity contribution >= 4 is 0 Å². The molecule has 0 saturated carbocycles. The van der Waals surface area contributed by atoms with Gasteiger partial charge in [-0.3, -0.25) is 4.68 Å². The van der Waals surface area contributed by atoms with Crippen molar-refractivity contribution in [3.63, 3.8) is 0 Å². The molecule has 1 heterocycles. The molecule has 0 unspecified atom stereocenters. The van der Waals surface area contributed by atoms with Crippen molar-refractivity contribution in [1.82, 2.24) is 15.1 Å². The highest BCUT2D eigenvalue weighted by molar-refractivity contribution is 5.06. The zero-order chi connectivity index (χ0) is 12.2. The first-order valence-electron chi connectivity index (χ1n) is 5.17. The fourth-order valence-electron chi connectivity index (χ4n) is 1.49. The van der Waals surface area contributed by atoms with E-state index in [0.717, 1.165) is 11.4 Å². The van der Waals surface area contributed by atoms with Gasteiger partial charge in [0.05, 0.1) is 12.2 Å². The molecule has 0 radical (unpaired) electrons. The smallest absolute Gasteiger partial charge is 0.309 e. The third kappa shape index (κ3) is 4.65. The molecule has 3 nitrogen and oxygen atoms in total. The second kappa shape index (κ2) is 5.34.